The van der Waals surface area contributed by atoms with E-state index in [4.69, 9.17) is 4.74 Å². The Hall–Kier alpha value is -2.03. The summed E-state index contributed by atoms with van der Waals surface area (Å²) in [5, 5.41) is 2.56. The van der Waals surface area contributed by atoms with Gasteiger partial charge in [-0.05, 0) is 56.0 Å². The van der Waals surface area contributed by atoms with Gasteiger partial charge in [0.25, 0.3) is 0 Å². The molecule has 1 amide bonds. The van der Waals surface area contributed by atoms with E-state index in [2.05, 4.69) is 43.3 Å². The Morgan fingerprint density at radius 2 is 1.91 bits per heavy atom. The van der Waals surface area contributed by atoms with Gasteiger partial charge < -0.3 is 9.64 Å². The van der Waals surface area contributed by atoms with Crippen LogP contribution in [-0.2, 0) is 11.2 Å². The second kappa shape index (κ2) is 5.31. The molecule has 0 aromatic heterocycles. The lowest BCUT2D eigenvalue weighted by Crippen LogP contribution is -2.42. The topological polar surface area (TPSA) is 29.5 Å². The fraction of sp³-hybridized carbons (Fsp3) is 0.421. The van der Waals surface area contributed by atoms with Crippen molar-refractivity contribution in [1.82, 2.24) is 4.90 Å². The second-order valence-electron chi connectivity index (χ2n) is 6.95. The highest BCUT2D eigenvalue weighted by atomic mass is 16.6. The molecule has 0 fully saturated rings. The maximum absolute atomic E-state index is 12.4. The van der Waals surface area contributed by atoms with Crippen molar-refractivity contribution in [2.75, 3.05) is 6.54 Å². The van der Waals surface area contributed by atoms with Gasteiger partial charge in [-0.2, -0.15) is 0 Å². The van der Waals surface area contributed by atoms with E-state index in [1.54, 1.807) is 0 Å². The van der Waals surface area contributed by atoms with Gasteiger partial charge in [0.05, 0.1) is 6.04 Å². The highest BCUT2D eigenvalue weighted by Gasteiger charge is 2.31. The Balaban J connectivity index is 1.94. The van der Waals surface area contributed by atoms with Crippen molar-refractivity contribution in [3.63, 3.8) is 0 Å². The minimum atomic E-state index is -0.458. The third-order valence-electron chi connectivity index (χ3n) is 4.23. The van der Waals surface area contributed by atoms with Crippen LogP contribution in [0, 0.1) is 0 Å². The van der Waals surface area contributed by atoms with Crippen LogP contribution in [0.15, 0.2) is 36.4 Å². The predicted octanol–water partition coefficient (Wildman–Crippen LogP) is 4.69. The van der Waals surface area contributed by atoms with Crippen molar-refractivity contribution in [2.45, 2.75) is 45.8 Å². The largest absolute Gasteiger partial charge is 0.444 e. The summed E-state index contributed by atoms with van der Waals surface area (Å²) < 4.78 is 5.54. The molecule has 2 aromatic carbocycles. The summed E-state index contributed by atoms with van der Waals surface area (Å²) in [6.45, 7) is 8.50. The van der Waals surface area contributed by atoms with Crippen molar-refractivity contribution in [3.8, 4) is 0 Å². The van der Waals surface area contributed by atoms with Gasteiger partial charge in [0.15, 0.2) is 0 Å². The lowest BCUT2D eigenvalue weighted by atomic mass is 9.89. The Kier molecular flexibility index (Phi) is 3.59. The number of carbonyl (C=O) groups excluding carboxylic acids is 1. The average molecular weight is 297 g/mol. The molecule has 0 spiro atoms. The Morgan fingerprint density at radius 3 is 2.64 bits per heavy atom. The lowest BCUT2D eigenvalue weighted by molar-refractivity contribution is 0.0160. The third-order valence-corrected chi connectivity index (χ3v) is 4.23. The molecule has 0 bridgehead atoms. The minimum Gasteiger partial charge on any atom is -0.444 e. The molecule has 3 rings (SSSR count). The number of hydrogen-bond acceptors (Lipinski definition) is 2. The molecule has 2 aromatic rings. The van der Waals surface area contributed by atoms with Crippen LogP contribution in [0.2, 0.25) is 0 Å². The van der Waals surface area contributed by atoms with Crippen LogP contribution in [0.25, 0.3) is 10.8 Å². The molecule has 22 heavy (non-hydrogen) atoms. The van der Waals surface area contributed by atoms with Gasteiger partial charge in [-0.1, -0.05) is 36.4 Å². The number of amides is 1. The molecule has 1 aliphatic rings. The molecule has 1 atom stereocenters. The molecule has 0 radical (unpaired) electrons. The highest BCUT2D eigenvalue weighted by Crippen LogP contribution is 2.34. The van der Waals surface area contributed by atoms with Crippen LogP contribution < -0.4 is 0 Å². The monoisotopic (exact) mass is 297 g/mol. The van der Waals surface area contributed by atoms with Crippen molar-refractivity contribution in [2.24, 2.45) is 0 Å². The number of hydrogen-bond donors (Lipinski definition) is 0. The second-order valence-corrected chi connectivity index (χ2v) is 6.95. The third kappa shape index (κ3) is 2.68. The first-order chi connectivity index (χ1) is 10.4. The van der Waals surface area contributed by atoms with Gasteiger partial charge >= 0.3 is 6.09 Å². The van der Waals surface area contributed by atoms with E-state index in [1.165, 1.54) is 21.9 Å². The molecule has 1 aliphatic heterocycles. The van der Waals surface area contributed by atoms with Crippen LogP contribution in [-0.4, -0.2) is 23.1 Å². The maximum atomic E-state index is 12.4. The molecule has 1 heterocycles. The van der Waals surface area contributed by atoms with Gasteiger partial charge in [0.2, 0.25) is 0 Å². The number of nitrogens with zero attached hydrogens (tertiary/aromatic N) is 1. The molecular weight excluding hydrogens is 274 g/mol. The zero-order valence-corrected chi connectivity index (χ0v) is 13.7. The number of rotatable bonds is 0. The molecule has 0 saturated heterocycles. The number of ether oxygens (including phenoxy) is 1. The molecular formula is C19H23NO2. The standard InChI is InChI=1S/C19H23NO2/c1-13-15-10-9-14-7-5-6-8-16(14)17(15)11-12-20(13)18(21)22-19(2,3)4/h5-10,13H,11-12H2,1-4H3/t13-/m0/s1. The first-order valence-corrected chi connectivity index (χ1v) is 7.87. The van der Waals surface area contributed by atoms with Gasteiger partial charge in [0, 0.05) is 6.54 Å². The van der Waals surface area contributed by atoms with Crippen LogP contribution in [0.5, 0.6) is 0 Å². The van der Waals surface area contributed by atoms with Gasteiger partial charge in [-0.15, -0.1) is 0 Å². The summed E-state index contributed by atoms with van der Waals surface area (Å²) in [4.78, 5) is 14.2. The highest BCUT2D eigenvalue weighted by molar-refractivity contribution is 5.87. The summed E-state index contributed by atoms with van der Waals surface area (Å²) in [6.07, 6.45) is 0.652. The Labute approximate surface area is 131 Å². The van der Waals surface area contributed by atoms with Gasteiger partial charge in [-0.3, -0.25) is 0 Å². The van der Waals surface area contributed by atoms with E-state index < -0.39 is 5.60 Å². The zero-order chi connectivity index (χ0) is 15.9. The molecule has 0 aliphatic carbocycles. The van der Waals surface area contributed by atoms with Crippen molar-refractivity contribution < 1.29 is 9.53 Å². The van der Waals surface area contributed by atoms with E-state index in [0.717, 1.165) is 6.42 Å². The van der Waals surface area contributed by atoms with Crippen molar-refractivity contribution >= 4 is 16.9 Å². The Bertz CT molecular complexity index is 715. The summed E-state index contributed by atoms with van der Waals surface area (Å²) in [7, 11) is 0. The molecule has 3 heteroatoms. The minimum absolute atomic E-state index is 0.0446. The summed E-state index contributed by atoms with van der Waals surface area (Å²) in [6, 6.07) is 12.8. The van der Waals surface area contributed by atoms with Crippen molar-refractivity contribution in [3.05, 3.63) is 47.5 Å². The summed E-state index contributed by atoms with van der Waals surface area (Å²) >= 11 is 0. The van der Waals surface area contributed by atoms with Crippen LogP contribution in [0.3, 0.4) is 0 Å². The van der Waals surface area contributed by atoms with Crippen LogP contribution in [0.1, 0.15) is 44.9 Å². The maximum Gasteiger partial charge on any atom is 0.410 e. The van der Waals surface area contributed by atoms with Gasteiger partial charge in [-0.25, -0.2) is 4.79 Å². The molecule has 0 N–H and O–H groups in total. The average Bonchev–Trinajstić information content (AvgIpc) is 2.45. The van der Waals surface area contributed by atoms with Crippen LogP contribution >= 0.6 is 0 Å². The quantitative estimate of drug-likeness (QED) is 0.705. The van der Waals surface area contributed by atoms with Crippen LogP contribution in [0.4, 0.5) is 4.79 Å². The lowest BCUT2D eigenvalue weighted by Gasteiger charge is -2.36. The normalized spacial score (nSPS) is 18.2. The van der Waals surface area contributed by atoms with E-state index in [1.807, 2.05) is 25.7 Å². The SMILES string of the molecule is C[C@H]1c2ccc3ccccc3c2CCN1C(=O)OC(C)(C)C. The van der Waals surface area contributed by atoms with E-state index in [0.29, 0.717) is 6.54 Å². The first-order valence-electron chi connectivity index (χ1n) is 7.87. The number of carbonyl (C=O) groups is 1. The van der Waals surface area contributed by atoms with E-state index in [9.17, 15) is 4.79 Å². The fourth-order valence-corrected chi connectivity index (χ4v) is 3.19. The smallest absolute Gasteiger partial charge is 0.410 e. The number of fused-ring (bicyclic) bond motifs is 3. The molecule has 116 valence electrons. The predicted molar refractivity (Wildman–Crippen MR) is 89.0 cm³/mol. The van der Waals surface area contributed by atoms with E-state index in [-0.39, 0.29) is 12.1 Å². The first kappa shape index (κ1) is 14.9. The molecule has 0 saturated carbocycles. The number of benzene rings is 2. The molecule has 3 nitrogen and oxygen atoms in total. The zero-order valence-electron chi connectivity index (χ0n) is 13.7. The Morgan fingerprint density at radius 1 is 1.18 bits per heavy atom. The van der Waals surface area contributed by atoms with Gasteiger partial charge in [0.1, 0.15) is 5.60 Å². The van der Waals surface area contributed by atoms with Crippen molar-refractivity contribution in [1.29, 1.82) is 0 Å². The van der Waals surface area contributed by atoms with E-state index >= 15 is 0 Å². The fourth-order valence-electron chi connectivity index (χ4n) is 3.19. The summed E-state index contributed by atoms with van der Waals surface area (Å²) in [5.74, 6) is 0. The molecule has 0 unspecified atom stereocenters. The summed E-state index contributed by atoms with van der Waals surface area (Å²) in [5.41, 5.74) is 2.14.